The molecule has 0 fully saturated rings. The summed E-state index contributed by atoms with van der Waals surface area (Å²) in [4.78, 5) is 7.85. The van der Waals surface area contributed by atoms with Crippen molar-refractivity contribution in [1.82, 2.24) is 10.3 Å². The van der Waals surface area contributed by atoms with Crippen LogP contribution in [0, 0.1) is 18.4 Å². The van der Waals surface area contributed by atoms with Gasteiger partial charge in [0.25, 0.3) is 0 Å². The number of hydrogen-bond donors (Lipinski definition) is 2. The summed E-state index contributed by atoms with van der Waals surface area (Å²) in [6, 6.07) is 9.25. The number of rotatable bonds is 9. The quantitative estimate of drug-likeness (QED) is 0.287. The van der Waals surface area contributed by atoms with E-state index in [1.165, 1.54) is 0 Å². The molecule has 142 valence electrons. The lowest BCUT2D eigenvalue weighted by Crippen LogP contribution is -2.31. The molecule has 0 radical (unpaired) electrons. The molecule has 0 aliphatic heterocycles. The number of guanidine groups is 1. The van der Waals surface area contributed by atoms with Crippen LogP contribution in [-0.2, 0) is 0 Å². The third kappa shape index (κ3) is 7.97. The van der Waals surface area contributed by atoms with Gasteiger partial charge in [0.15, 0.2) is 0 Å². The summed E-state index contributed by atoms with van der Waals surface area (Å²) in [5.74, 6) is 1.30. The van der Waals surface area contributed by atoms with Gasteiger partial charge in [-0.2, -0.15) is 5.26 Å². The smallest absolute Gasteiger partial charge is 0.211 e. The highest BCUT2D eigenvalue weighted by Gasteiger charge is 2.02. The number of aliphatic imine (C=N–C) groups is 1. The first kappa shape index (κ1) is 20.5. The topological polar surface area (TPSA) is 82.3 Å². The molecule has 0 bridgehead atoms. The Bertz CT molecular complexity index is 771. The fourth-order valence-corrected chi connectivity index (χ4v) is 2.54. The minimum Gasteiger partial charge on any atom is -0.494 e. The SMILES string of the molecule is Cc1cnccc1N/C(=N/C#N)NCCCCCCOc1ccc(Cl)cc1. The van der Waals surface area contributed by atoms with Gasteiger partial charge in [0, 0.05) is 29.6 Å². The molecule has 0 saturated heterocycles. The van der Waals surface area contributed by atoms with Crippen LogP contribution in [0.25, 0.3) is 0 Å². The van der Waals surface area contributed by atoms with Crippen LogP contribution in [0.15, 0.2) is 47.7 Å². The molecular weight excluding hydrogens is 362 g/mol. The molecular formula is C20H24ClN5O. The Balaban J connectivity index is 1.59. The van der Waals surface area contributed by atoms with Crippen molar-refractivity contribution in [2.24, 2.45) is 4.99 Å². The molecule has 2 aromatic rings. The summed E-state index contributed by atoms with van der Waals surface area (Å²) >= 11 is 5.84. The highest BCUT2D eigenvalue weighted by molar-refractivity contribution is 6.30. The molecule has 2 N–H and O–H groups in total. The molecule has 7 heteroatoms. The predicted octanol–water partition coefficient (Wildman–Crippen LogP) is 4.52. The van der Waals surface area contributed by atoms with Gasteiger partial charge in [0.1, 0.15) is 5.75 Å². The molecule has 2 rings (SSSR count). The summed E-state index contributed by atoms with van der Waals surface area (Å²) in [6.45, 7) is 3.39. The fourth-order valence-electron chi connectivity index (χ4n) is 2.41. The lowest BCUT2D eigenvalue weighted by atomic mass is 10.2. The maximum Gasteiger partial charge on any atom is 0.211 e. The zero-order chi connectivity index (χ0) is 19.3. The van der Waals surface area contributed by atoms with Crippen molar-refractivity contribution in [2.75, 3.05) is 18.5 Å². The molecule has 1 aromatic carbocycles. The molecule has 0 unspecified atom stereocenters. The van der Waals surface area contributed by atoms with Crippen LogP contribution in [0.5, 0.6) is 5.75 Å². The second-order valence-corrected chi connectivity index (χ2v) is 6.46. The minimum absolute atomic E-state index is 0.456. The van der Waals surface area contributed by atoms with Crippen LogP contribution in [0.2, 0.25) is 5.02 Å². The van der Waals surface area contributed by atoms with Crippen molar-refractivity contribution < 1.29 is 4.74 Å². The van der Waals surface area contributed by atoms with Gasteiger partial charge in [-0.25, -0.2) is 0 Å². The molecule has 0 saturated carbocycles. The van der Waals surface area contributed by atoms with Gasteiger partial charge in [-0.15, -0.1) is 4.99 Å². The first-order valence-electron chi connectivity index (χ1n) is 8.95. The zero-order valence-electron chi connectivity index (χ0n) is 15.4. The zero-order valence-corrected chi connectivity index (χ0v) is 16.2. The van der Waals surface area contributed by atoms with E-state index in [4.69, 9.17) is 21.6 Å². The Hall–Kier alpha value is -2.78. The van der Waals surface area contributed by atoms with Crippen molar-refractivity contribution in [3.05, 3.63) is 53.3 Å². The summed E-state index contributed by atoms with van der Waals surface area (Å²) < 4.78 is 5.67. The summed E-state index contributed by atoms with van der Waals surface area (Å²) in [7, 11) is 0. The number of aryl methyl sites for hydroxylation is 1. The Labute approximate surface area is 165 Å². The van der Waals surface area contributed by atoms with E-state index < -0.39 is 0 Å². The number of nitriles is 1. The average molecular weight is 386 g/mol. The summed E-state index contributed by atoms with van der Waals surface area (Å²) in [6.07, 6.45) is 9.42. The number of aromatic nitrogens is 1. The van der Waals surface area contributed by atoms with Crippen molar-refractivity contribution in [3.63, 3.8) is 0 Å². The Morgan fingerprint density at radius 2 is 1.96 bits per heavy atom. The highest BCUT2D eigenvalue weighted by atomic mass is 35.5. The third-order valence-electron chi connectivity index (χ3n) is 3.88. The van der Waals surface area contributed by atoms with E-state index in [1.54, 1.807) is 12.4 Å². The molecule has 0 atom stereocenters. The van der Waals surface area contributed by atoms with Gasteiger partial charge >= 0.3 is 0 Å². The minimum atomic E-state index is 0.456. The van der Waals surface area contributed by atoms with Crippen molar-refractivity contribution >= 4 is 23.2 Å². The Kier molecular flexibility index (Phi) is 8.94. The highest BCUT2D eigenvalue weighted by Crippen LogP contribution is 2.16. The van der Waals surface area contributed by atoms with Gasteiger partial charge in [-0.1, -0.05) is 24.4 Å². The van der Waals surface area contributed by atoms with E-state index in [0.29, 0.717) is 17.6 Å². The molecule has 0 amide bonds. The lowest BCUT2D eigenvalue weighted by molar-refractivity contribution is 0.304. The number of hydrogen-bond acceptors (Lipinski definition) is 4. The number of halogens is 1. The van der Waals surface area contributed by atoms with Crippen LogP contribution in [0.4, 0.5) is 5.69 Å². The van der Waals surface area contributed by atoms with Gasteiger partial charge in [0.05, 0.1) is 6.61 Å². The number of anilines is 1. The lowest BCUT2D eigenvalue weighted by Gasteiger charge is -2.12. The standard InChI is InChI=1S/C20H24ClN5O/c1-16-14-23-12-10-19(16)26-20(25-15-22)24-11-4-2-3-5-13-27-18-8-6-17(21)7-9-18/h6-10,12,14H,2-5,11,13H2,1H3,(H2,23,24,25,26). The normalized spacial score (nSPS) is 10.9. The van der Waals surface area contributed by atoms with Gasteiger partial charge < -0.3 is 15.4 Å². The van der Waals surface area contributed by atoms with E-state index in [2.05, 4.69) is 20.6 Å². The van der Waals surface area contributed by atoms with E-state index in [1.807, 2.05) is 43.4 Å². The van der Waals surface area contributed by atoms with Crippen LogP contribution in [-0.4, -0.2) is 24.1 Å². The molecule has 1 aromatic heterocycles. The number of benzene rings is 1. The molecule has 0 aliphatic rings. The van der Waals surface area contributed by atoms with Crippen molar-refractivity contribution in [1.29, 1.82) is 5.26 Å². The molecule has 6 nitrogen and oxygen atoms in total. The summed E-state index contributed by atoms with van der Waals surface area (Å²) in [5.41, 5.74) is 1.87. The van der Waals surface area contributed by atoms with Crippen LogP contribution < -0.4 is 15.4 Å². The Morgan fingerprint density at radius 1 is 1.19 bits per heavy atom. The molecule has 1 heterocycles. The third-order valence-corrected chi connectivity index (χ3v) is 4.13. The molecule has 27 heavy (non-hydrogen) atoms. The number of ether oxygens (including phenoxy) is 1. The van der Waals surface area contributed by atoms with E-state index in [9.17, 15) is 0 Å². The predicted molar refractivity (Wildman–Crippen MR) is 109 cm³/mol. The largest absolute Gasteiger partial charge is 0.494 e. The second kappa shape index (κ2) is 11.8. The summed E-state index contributed by atoms with van der Waals surface area (Å²) in [5, 5.41) is 15.9. The van der Waals surface area contributed by atoms with Gasteiger partial charge in [-0.3, -0.25) is 4.98 Å². The molecule has 0 spiro atoms. The Morgan fingerprint density at radius 3 is 2.70 bits per heavy atom. The van der Waals surface area contributed by atoms with E-state index >= 15 is 0 Å². The number of nitrogens with one attached hydrogen (secondary N) is 2. The first-order chi connectivity index (χ1) is 13.2. The number of pyridine rings is 1. The average Bonchev–Trinajstić information content (AvgIpc) is 2.67. The van der Waals surface area contributed by atoms with Gasteiger partial charge in [-0.05, 0) is 55.7 Å². The molecule has 0 aliphatic carbocycles. The number of unbranched alkanes of at least 4 members (excludes halogenated alkanes) is 3. The number of nitrogens with zero attached hydrogens (tertiary/aromatic N) is 3. The fraction of sp³-hybridized carbons (Fsp3) is 0.350. The van der Waals surface area contributed by atoms with Crippen LogP contribution in [0.1, 0.15) is 31.2 Å². The van der Waals surface area contributed by atoms with Crippen LogP contribution >= 0.6 is 11.6 Å². The van der Waals surface area contributed by atoms with Crippen LogP contribution in [0.3, 0.4) is 0 Å². The van der Waals surface area contributed by atoms with Gasteiger partial charge in [0.2, 0.25) is 12.2 Å². The van der Waals surface area contributed by atoms with Crippen molar-refractivity contribution in [2.45, 2.75) is 32.6 Å². The van der Waals surface area contributed by atoms with Crippen molar-refractivity contribution in [3.8, 4) is 11.9 Å². The maximum absolute atomic E-state index is 8.84. The second-order valence-electron chi connectivity index (χ2n) is 6.02. The maximum atomic E-state index is 8.84. The van der Waals surface area contributed by atoms with E-state index in [-0.39, 0.29) is 0 Å². The monoisotopic (exact) mass is 385 g/mol. The van der Waals surface area contributed by atoms with E-state index in [0.717, 1.165) is 49.2 Å². The first-order valence-corrected chi connectivity index (χ1v) is 9.33.